The molecule has 0 radical (unpaired) electrons. The second kappa shape index (κ2) is 6.16. The van der Waals surface area contributed by atoms with Crippen LogP contribution in [-0.2, 0) is 6.54 Å². The van der Waals surface area contributed by atoms with Crippen molar-refractivity contribution in [3.05, 3.63) is 35.4 Å². The molecule has 0 aliphatic rings. The summed E-state index contributed by atoms with van der Waals surface area (Å²) in [5, 5.41) is 14.2. The quantitative estimate of drug-likeness (QED) is 0.603. The first kappa shape index (κ1) is 11.7. The summed E-state index contributed by atoms with van der Waals surface area (Å²) < 4.78 is 0. The smallest absolute Gasteiger partial charge is 0.251 e. The predicted molar refractivity (Wildman–Crippen MR) is 58.6 cm³/mol. The van der Waals surface area contributed by atoms with E-state index in [1.54, 1.807) is 19.2 Å². The SMILES string of the molecule is CNC(=O)c1ccc(CNCCO)cc1. The molecule has 0 aromatic heterocycles. The zero-order chi connectivity index (χ0) is 11.1. The number of nitrogens with one attached hydrogen (secondary N) is 2. The minimum absolute atomic E-state index is 0.0788. The van der Waals surface area contributed by atoms with Crippen LogP contribution in [0.25, 0.3) is 0 Å². The molecule has 1 aromatic rings. The molecule has 0 atom stereocenters. The van der Waals surface area contributed by atoms with E-state index in [9.17, 15) is 4.79 Å². The van der Waals surface area contributed by atoms with Gasteiger partial charge in [-0.2, -0.15) is 0 Å². The van der Waals surface area contributed by atoms with Gasteiger partial charge in [0.15, 0.2) is 0 Å². The molecule has 0 aliphatic heterocycles. The Kier molecular flexibility index (Phi) is 4.80. The van der Waals surface area contributed by atoms with E-state index >= 15 is 0 Å². The molecule has 1 amide bonds. The van der Waals surface area contributed by atoms with Gasteiger partial charge < -0.3 is 15.7 Å². The number of hydrogen-bond acceptors (Lipinski definition) is 3. The maximum atomic E-state index is 11.2. The van der Waals surface area contributed by atoms with Crippen LogP contribution in [0.2, 0.25) is 0 Å². The van der Waals surface area contributed by atoms with Gasteiger partial charge in [0.1, 0.15) is 0 Å². The molecular weight excluding hydrogens is 192 g/mol. The highest BCUT2D eigenvalue weighted by Crippen LogP contribution is 2.03. The lowest BCUT2D eigenvalue weighted by Gasteiger charge is -2.04. The van der Waals surface area contributed by atoms with Crippen molar-refractivity contribution >= 4 is 5.91 Å². The van der Waals surface area contributed by atoms with Crippen molar-refractivity contribution in [1.29, 1.82) is 0 Å². The summed E-state index contributed by atoms with van der Waals surface area (Å²) >= 11 is 0. The van der Waals surface area contributed by atoms with Gasteiger partial charge in [-0.1, -0.05) is 12.1 Å². The first-order valence-electron chi connectivity index (χ1n) is 4.90. The van der Waals surface area contributed by atoms with Crippen LogP contribution in [0.4, 0.5) is 0 Å². The fraction of sp³-hybridized carbons (Fsp3) is 0.364. The van der Waals surface area contributed by atoms with Crippen molar-refractivity contribution in [3.63, 3.8) is 0 Å². The Hall–Kier alpha value is -1.39. The van der Waals surface area contributed by atoms with Gasteiger partial charge in [0.05, 0.1) is 6.61 Å². The lowest BCUT2D eigenvalue weighted by molar-refractivity contribution is 0.0963. The highest BCUT2D eigenvalue weighted by atomic mass is 16.3. The van der Waals surface area contributed by atoms with Crippen molar-refractivity contribution in [1.82, 2.24) is 10.6 Å². The van der Waals surface area contributed by atoms with Crippen molar-refractivity contribution in [3.8, 4) is 0 Å². The van der Waals surface area contributed by atoms with Gasteiger partial charge in [-0.15, -0.1) is 0 Å². The molecule has 1 aromatic carbocycles. The number of carbonyl (C=O) groups excluding carboxylic acids is 1. The summed E-state index contributed by atoms with van der Waals surface area (Å²) in [6, 6.07) is 7.37. The molecule has 4 nitrogen and oxygen atoms in total. The molecule has 0 fully saturated rings. The number of rotatable bonds is 5. The first-order valence-corrected chi connectivity index (χ1v) is 4.90. The Morgan fingerprint density at radius 1 is 1.33 bits per heavy atom. The van der Waals surface area contributed by atoms with E-state index in [4.69, 9.17) is 5.11 Å². The Morgan fingerprint density at radius 3 is 2.53 bits per heavy atom. The largest absolute Gasteiger partial charge is 0.395 e. The molecule has 15 heavy (non-hydrogen) atoms. The van der Waals surface area contributed by atoms with Crippen LogP contribution in [0, 0.1) is 0 Å². The summed E-state index contributed by atoms with van der Waals surface area (Å²) in [5.41, 5.74) is 1.75. The van der Waals surface area contributed by atoms with Crippen LogP contribution in [0.1, 0.15) is 15.9 Å². The molecule has 3 N–H and O–H groups in total. The summed E-state index contributed by atoms with van der Waals surface area (Å²) in [6.07, 6.45) is 0. The fourth-order valence-corrected chi connectivity index (χ4v) is 1.23. The van der Waals surface area contributed by atoms with E-state index in [0.717, 1.165) is 5.56 Å². The Morgan fingerprint density at radius 2 is 2.00 bits per heavy atom. The molecule has 0 bridgehead atoms. The molecule has 0 spiro atoms. The van der Waals surface area contributed by atoms with Gasteiger partial charge in [-0.05, 0) is 17.7 Å². The van der Waals surface area contributed by atoms with E-state index in [-0.39, 0.29) is 12.5 Å². The monoisotopic (exact) mass is 208 g/mol. The van der Waals surface area contributed by atoms with E-state index in [1.807, 2.05) is 12.1 Å². The summed E-state index contributed by atoms with van der Waals surface area (Å²) in [7, 11) is 1.61. The highest BCUT2D eigenvalue weighted by molar-refractivity contribution is 5.93. The molecule has 0 saturated carbocycles. The third-order valence-electron chi connectivity index (χ3n) is 2.06. The van der Waals surface area contributed by atoms with E-state index in [2.05, 4.69) is 10.6 Å². The first-order chi connectivity index (χ1) is 7.27. The lowest BCUT2D eigenvalue weighted by Crippen LogP contribution is -2.19. The minimum Gasteiger partial charge on any atom is -0.395 e. The normalized spacial score (nSPS) is 10.0. The molecule has 0 heterocycles. The average molecular weight is 208 g/mol. The topological polar surface area (TPSA) is 61.4 Å². The predicted octanol–water partition coefficient (Wildman–Crippen LogP) is 0.128. The zero-order valence-corrected chi connectivity index (χ0v) is 8.79. The third kappa shape index (κ3) is 3.69. The molecule has 4 heteroatoms. The van der Waals surface area contributed by atoms with Crippen LogP contribution >= 0.6 is 0 Å². The Bertz CT molecular complexity index is 309. The molecule has 0 unspecified atom stereocenters. The van der Waals surface area contributed by atoms with Gasteiger partial charge in [-0.3, -0.25) is 4.79 Å². The van der Waals surface area contributed by atoms with Crippen molar-refractivity contribution < 1.29 is 9.90 Å². The molecule has 1 rings (SSSR count). The number of aliphatic hydroxyl groups is 1. The summed E-state index contributed by atoms with van der Waals surface area (Å²) in [5.74, 6) is -0.0788. The van der Waals surface area contributed by atoms with E-state index < -0.39 is 0 Å². The zero-order valence-electron chi connectivity index (χ0n) is 8.79. The van der Waals surface area contributed by atoms with Gasteiger partial charge in [0.25, 0.3) is 5.91 Å². The van der Waals surface area contributed by atoms with Crippen molar-refractivity contribution in [2.24, 2.45) is 0 Å². The van der Waals surface area contributed by atoms with E-state index in [0.29, 0.717) is 18.7 Å². The van der Waals surface area contributed by atoms with Crippen LogP contribution in [-0.4, -0.2) is 31.2 Å². The van der Waals surface area contributed by atoms with Crippen LogP contribution < -0.4 is 10.6 Å². The van der Waals surface area contributed by atoms with Gasteiger partial charge in [-0.25, -0.2) is 0 Å². The molecular formula is C11H16N2O2. The van der Waals surface area contributed by atoms with Gasteiger partial charge in [0, 0.05) is 25.7 Å². The number of carbonyl (C=O) groups is 1. The summed E-state index contributed by atoms with van der Waals surface area (Å²) in [4.78, 5) is 11.2. The standard InChI is InChI=1S/C11H16N2O2/c1-12-11(15)10-4-2-9(3-5-10)8-13-6-7-14/h2-5,13-14H,6-8H2,1H3,(H,12,15). The lowest BCUT2D eigenvalue weighted by atomic mass is 10.1. The number of benzene rings is 1. The molecule has 0 saturated heterocycles. The van der Waals surface area contributed by atoms with Crippen molar-refractivity contribution in [2.75, 3.05) is 20.2 Å². The number of aliphatic hydroxyl groups excluding tert-OH is 1. The fourth-order valence-electron chi connectivity index (χ4n) is 1.23. The second-order valence-corrected chi connectivity index (χ2v) is 3.18. The number of hydrogen-bond donors (Lipinski definition) is 3. The maximum Gasteiger partial charge on any atom is 0.251 e. The number of amides is 1. The van der Waals surface area contributed by atoms with Gasteiger partial charge in [0.2, 0.25) is 0 Å². The Labute approximate surface area is 89.3 Å². The van der Waals surface area contributed by atoms with E-state index in [1.165, 1.54) is 0 Å². The Balaban J connectivity index is 2.52. The molecule has 82 valence electrons. The van der Waals surface area contributed by atoms with Crippen LogP contribution in [0.3, 0.4) is 0 Å². The van der Waals surface area contributed by atoms with Crippen LogP contribution in [0.15, 0.2) is 24.3 Å². The van der Waals surface area contributed by atoms with Crippen LogP contribution in [0.5, 0.6) is 0 Å². The summed E-state index contributed by atoms with van der Waals surface area (Å²) in [6.45, 7) is 1.42. The highest BCUT2D eigenvalue weighted by Gasteiger charge is 2.01. The van der Waals surface area contributed by atoms with Crippen molar-refractivity contribution in [2.45, 2.75) is 6.54 Å². The second-order valence-electron chi connectivity index (χ2n) is 3.18. The minimum atomic E-state index is -0.0788. The average Bonchev–Trinajstić information content (AvgIpc) is 2.29. The maximum absolute atomic E-state index is 11.2. The van der Waals surface area contributed by atoms with Gasteiger partial charge >= 0.3 is 0 Å². The third-order valence-corrected chi connectivity index (χ3v) is 2.06. The molecule has 0 aliphatic carbocycles.